The smallest absolute Gasteiger partial charge is 0.216 e. The van der Waals surface area contributed by atoms with Gasteiger partial charge in [-0.1, -0.05) is 168 Å². The fourth-order valence-electron chi connectivity index (χ4n) is 10.0. The third kappa shape index (κ3) is 10.3. The maximum Gasteiger partial charge on any atom is 0.216 e. The van der Waals surface area contributed by atoms with Crippen molar-refractivity contribution < 1.29 is 24.5 Å². The van der Waals surface area contributed by atoms with Crippen LogP contribution in [0.25, 0.3) is 94.9 Å². The molecule has 0 atom stereocenters. The van der Waals surface area contributed by atoms with E-state index in [-0.39, 0.29) is 25.5 Å². The summed E-state index contributed by atoms with van der Waals surface area (Å²) in [6.45, 7) is 22.8. The van der Waals surface area contributed by atoms with Crippen molar-refractivity contribution in [2.75, 3.05) is 0 Å². The standard InChI is InChI=1S/C48H38N3O.C18H24NSi.Ir/c1-30-16-14-17-31(2)43(30)41-27-26-36-35-22-15-23-37(45(35)52-47(36)50-41)46-49-40-24-12-13-25-42(40)51(46)44-38(32-18-8-6-9-19-32)28-34(48(3,4)5)29-39(44)33-20-10-7-11-21-33;1-14(2)11-16-12-17(15-9-7-6-8-10-15)19-13-18(16)20(3,4)5;/h6-22,24-29H,1-5H3;6-9,12-14H,11H2,1-5H3;/q2*-1;. The number of benzene rings is 7. The van der Waals surface area contributed by atoms with E-state index in [4.69, 9.17) is 14.4 Å². The minimum Gasteiger partial charge on any atom is -0.486 e. The molecule has 0 aliphatic carbocycles. The Kier molecular flexibility index (Phi) is 14.5. The van der Waals surface area contributed by atoms with Gasteiger partial charge in [0.05, 0.1) is 41.9 Å². The van der Waals surface area contributed by atoms with Crippen molar-refractivity contribution in [3.8, 4) is 61.8 Å². The molecule has 7 heteroatoms. The third-order valence-electron chi connectivity index (χ3n) is 13.6. The normalized spacial score (nSPS) is 11.8. The molecule has 0 unspecified atom stereocenters. The van der Waals surface area contributed by atoms with Crippen molar-refractivity contribution in [3.05, 3.63) is 210 Å². The average Bonchev–Trinajstić information content (AvgIpc) is 3.94. The first-order valence-corrected chi connectivity index (χ1v) is 28.7. The summed E-state index contributed by atoms with van der Waals surface area (Å²) >= 11 is 0. The second kappa shape index (κ2) is 20.8. The van der Waals surface area contributed by atoms with Crippen LogP contribution in [-0.4, -0.2) is 27.6 Å². The van der Waals surface area contributed by atoms with Gasteiger partial charge in [-0.05, 0) is 107 Å². The van der Waals surface area contributed by atoms with E-state index in [0.717, 1.165) is 90.1 Å². The van der Waals surface area contributed by atoms with Gasteiger partial charge in [-0.2, -0.15) is 0 Å². The molecule has 0 spiro atoms. The molecule has 1 radical (unpaired) electrons. The Morgan fingerprint density at radius 3 is 1.90 bits per heavy atom. The number of hydrogen-bond acceptors (Lipinski definition) is 4. The molecular formula is C66H62IrN4OSi-2. The minimum absolute atomic E-state index is 0. The van der Waals surface area contributed by atoms with E-state index in [1.165, 1.54) is 27.4 Å². The second-order valence-electron chi connectivity index (χ2n) is 21.5. The summed E-state index contributed by atoms with van der Waals surface area (Å²) in [4.78, 5) is 15.1. The number of fused-ring (bicyclic) bond motifs is 4. The number of pyridine rings is 2. The number of furan rings is 1. The zero-order valence-corrected chi connectivity index (χ0v) is 47.0. The topological polar surface area (TPSA) is 56.7 Å². The van der Waals surface area contributed by atoms with Crippen LogP contribution in [0, 0.1) is 31.9 Å². The maximum absolute atomic E-state index is 6.76. The van der Waals surface area contributed by atoms with Gasteiger partial charge in [0.1, 0.15) is 0 Å². The number of rotatable bonds is 9. The molecule has 0 N–H and O–H groups in total. The van der Waals surface area contributed by atoms with Gasteiger partial charge in [-0.15, -0.1) is 54.1 Å². The third-order valence-corrected chi connectivity index (χ3v) is 15.7. The molecule has 0 fully saturated rings. The van der Waals surface area contributed by atoms with Crippen molar-refractivity contribution in [2.45, 2.75) is 79.9 Å². The summed E-state index contributed by atoms with van der Waals surface area (Å²) in [6, 6.07) is 66.3. The number of imidazole rings is 1. The van der Waals surface area contributed by atoms with Crippen LogP contribution < -0.4 is 5.19 Å². The number of hydrogen-bond donors (Lipinski definition) is 0. The Bertz CT molecular complexity index is 3650. The predicted octanol–water partition coefficient (Wildman–Crippen LogP) is 17.0. The number of para-hydroxylation sites is 2. The summed E-state index contributed by atoms with van der Waals surface area (Å²) in [5, 5.41) is 3.44. The number of nitrogens with zero attached hydrogens (tertiary/aromatic N) is 4. The van der Waals surface area contributed by atoms with E-state index < -0.39 is 8.07 Å². The van der Waals surface area contributed by atoms with Crippen molar-refractivity contribution in [1.82, 2.24) is 19.5 Å². The Hall–Kier alpha value is -7.02. The van der Waals surface area contributed by atoms with Gasteiger partial charge >= 0.3 is 0 Å². The molecule has 0 bridgehead atoms. The molecule has 4 heterocycles. The van der Waals surface area contributed by atoms with Crippen molar-refractivity contribution >= 4 is 46.4 Å². The second-order valence-corrected chi connectivity index (χ2v) is 26.6. The first-order valence-electron chi connectivity index (χ1n) is 25.2. The van der Waals surface area contributed by atoms with Crippen LogP contribution in [0.2, 0.25) is 19.6 Å². The Morgan fingerprint density at radius 1 is 0.644 bits per heavy atom. The van der Waals surface area contributed by atoms with Gasteiger partial charge in [-0.3, -0.25) is 4.98 Å². The van der Waals surface area contributed by atoms with Crippen LogP contribution >= 0.6 is 0 Å². The van der Waals surface area contributed by atoms with Gasteiger partial charge in [0.25, 0.3) is 0 Å². The van der Waals surface area contributed by atoms with E-state index in [0.29, 0.717) is 17.2 Å². The van der Waals surface area contributed by atoms with Crippen LogP contribution in [0.1, 0.15) is 56.9 Å². The summed E-state index contributed by atoms with van der Waals surface area (Å²) in [5.41, 5.74) is 18.8. The summed E-state index contributed by atoms with van der Waals surface area (Å²) in [5.74, 6) is 1.43. The van der Waals surface area contributed by atoms with Gasteiger partial charge in [0.15, 0.2) is 0 Å². The molecular weight excluding hydrogens is 1090 g/mol. The molecule has 73 heavy (non-hydrogen) atoms. The van der Waals surface area contributed by atoms with E-state index in [1.807, 2.05) is 30.3 Å². The largest absolute Gasteiger partial charge is 0.486 e. The van der Waals surface area contributed by atoms with E-state index >= 15 is 0 Å². The number of aromatic nitrogens is 4. The predicted molar refractivity (Wildman–Crippen MR) is 305 cm³/mol. The zero-order chi connectivity index (χ0) is 50.3. The zero-order valence-electron chi connectivity index (χ0n) is 43.6. The molecule has 11 aromatic rings. The molecule has 0 aliphatic rings. The summed E-state index contributed by atoms with van der Waals surface area (Å²) in [7, 11) is -1.34. The maximum atomic E-state index is 6.76. The number of aryl methyl sites for hydroxylation is 2. The first kappa shape index (κ1) is 50.9. The van der Waals surface area contributed by atoms with E-state index in [2.05, 4.69) is 236 Å². The molecule has 0 saturated carbocycles. The Balaban J connectivity index is 0.000000264. The Labute approximate surface area is 445 Å². The summed E-state index contributed by atoms with van der Waals surface area (Å²) < 4.78 is 9.08. The first-order chi connectivity index (χ1) is 34.6. The van der Waals surface area contributed by atoms with Gasteiger partial charge in [0.2, 0.25) is 5.71 Å². The molecule has 0 saturated heterocycles. The van der Waals surface area contributed by atoms with Crippen molar-refractivity contribution in [1.29, 1.82) is 0 Å². The SMILES string of the molecule is CC(C)Cc1cc(-c2[c-]cccc2)ncc1[Si](C)(C)C.Cc1cccc(C)c1-c1ccc2c(n1)oc1c(-c3nc4ccccc4n3-c3c(-c4ccccc4)cc(C(C)(C)C)cc3-c3ccccc3)[c-]ccc12.[Ir]. The van der Waals surface area contributed by atoms with E-state index in [1.54, 1.807) is 0 Å². The summed E-state index contributed by atoms with van der Waals surface area (Å²) in [6.07, 6.45) is 3.24. The molecule has 7 aromatic carbocycles. The van der Waals surface area contributed by atoms with Gasteiger partial charge < -0.3 is 14.0 Å². The van der Waals surface area contributed by atoms with Crippen molar-refractivity contribution in [2.24, 2.45) is 5.92 Å². The fourth-order valence-corrected chi connectivity index (χ4v) is 11.6. The fraction of sp³-hybridized carbons (Fsp3) is 0.197. The van der Waals surface area contributed by atoms with Crippen LogP contribution in [-0.2, 0) is 31.9 Å². The van der Waals surface area contributed by atoms with Gasteiger partial charge in [0, 0.05) is 48.4 Å². The van der Waals surface area contributed by atoms with Crippen molar-refractivity contribution in [3.63, 3.8) is 0 Å². The van der Waals surface area contributed by atoms with Gasteiger partial charge in [-0.25, -0.2) is 4.98 Å². The molecule has 5 nitrogen and oxygen atoms in total. The minimum atomic E-state index is -1.34. The van der Waals surface area contributed by atoms with Crippen LogP contribution in [0.5, 0.6) is 0 Å². The van der Waals surface area contributed by atoms with E-state index in [9.17, 15) is 0 Å². The molecule has 0 aliphatic heterocycles. The van der Waals surface area contributed by atoms with Crippen LogP contribution in [0.15, 0.2) is 180 Å². The van der Waals surface area contributed by atoms with Crippen LogP contribution in [0.3, 0.4) is 0 Å². The van der Waals surface area contributed by atoms with Crippen LogP contribution in [0.4, 0.5) is 0 Å². The molecule has 0 amide bonds. The monoisotopic (exact) mass is 1150 g/mol. The molecule has 367 valence electrons. The quantitative estimate of drug-likeness (QED) is 0.107. The molecule has 11 rings (SSSR count). The average molecular weight is 1150 g/mol. The molecule has 4 aromatic heterocycles. The Morgan fingerprint density at radius 2 is 1.29 bits per heavy atom.